The molecule has 0 N–H and O–H groups in total. The summed E-state index contributed by atoms with van der Waals surface area (Å²) < 4.78 is 0. The number of hydrogen-bond donors (Lipinski definition) is 0. The van der Waals surface area contributed by atoms with Crippen molar-refractivity contribution >= 4 is 11.8 Å². The Labute approximate surface area is 202 Å². The summed E-state index contributed by atoms with van der Waals surface area (Å²) in [6.45, 7) is 12.7. The number of benzene rings is 2. The van der Waals surface area contributed by atoms with Gasteiger partial charge in [0.2, 0.25) is 0 Å². The fourth-order valence-electron chi connectivity index (χ4n) is 2.42. The molecule has 0 saturated heterocycles. The Morgan fingerprint density at radius 3 is 1.28 bits per heavy atom. The zero-order valence-electron chi connectivity index (χ0n) is 17.8. The van der Waals surface area contributed by atoms with Crippen molar-refractivity contribution < 1.29 is 56.1 Å². The fraction of sp³-hybridized carbons (Fsp3) is 0.364. The number of carbonyl (C=O) groups excluding carboxylic acids is 2. The predicted octanol–water partition coefficient (Wildman–Crippen LogP) is -0.320. The molecule has 0 aromatic heterocycles. The van der Waals surface area contributed by atoms with Crippen LogP contribution in [0.4, 0.5) is 0 Å². The van der Waals surface area contributed by atoms with E-state index in [4.69, 9.17) is 0 Å². The first kappa shape index (κ1) is 32.3. The van der Waals surface area contributed by atoms with Gasteiger partial charge in [0.15, 0.2) is 0 Å². The van der Waals surface area contributed by atoms with Gasteiger partial charge in [-0.15, -0.1) is 13.1 Å². The molecule has 0 atom stereocenters. The monoisotopic (exact) mass is 470 g/mol. The third-order valence-electron chi connectivity index (χ3n) is 4.27. The molecule has 2 amide bonds. The van der Waals surface area contributed by atoms with Crippen molar-refractivity contribution in [2.45, 2.75) is 41.5 Å². The topological polar surface area (TPSA) is 62.3 Å². The number of halogens is 2. The molecule has 0 aliphatic carbocycles. The van der Waals surface area contributed by atoms with Crippen molar-refractivity contribution in [3.63, 3.8) is 0 Å². The quantitative estimate of drug-likeness (QED) is 0.575. The molecular formula is C22H28Cl2N2O2Ti. The van der Waals surface area contributed by atoms with E-state index < -0.39 is 0 Å². The molecule has 7 heteroatoms. The molecule has 0 radical (unpaired) electrons. The Morgan fingerprint density at radius 1 is 0.690 bits per heavy atom. The van der Waals surface area contributed by atoms with Crippen molar-refractivity contribution in [2.75, 3.05) is 13.1 Å². The number of amides is 2. The van der Waals surface area contributed by atoms with Crippen LogP contribution in [0.3, 0.4) is 0 Å². The van der Waals surface area contributed by atoms with Gasteiger partial charge < -0.3 is 45.0 Å². The van der Waals surface area contributed by atoms with Crippen LogP contribution < -0.4 is 24.8 Å². The standard InChI is InChI=1S/2C11H15NO.2ClH.Ti/c2*1-4-12-11(13)10-7-5-6-8(2)9(10)3;;;/h2*5-7H,4H2,1-3H3,(H,12,13);2*1H;/q;;;;+4/p-4. The van der Waals surface area contributed by atoms with E-state index in [-0.39, 0.29) is 58.3 Å². The molecule has 0 saturated carbocycles. The van der Waals surface area contributed by atoms with E-state index in [0.29, 0.717) is 13.1 Å². The van der Waals surface area contributed by atoms with E-state index in [0.717, 1.165) is 33.4 Å². The van der Waals surface area contributed by atoms with Gasteiger partial charge in [0.1, 0.15) is 0 Å². The van der Waals surface area contributed by atoms with Crippen molar-refractivity contribution in [1.82, 2.24) is 0 Å². The second-order valence-electron chi connectivity index (χ2n) is 6.05. The van der Waals surface area contributed by atoms with Gasteiger partial charge >= 0.3 is 21.7 Å². The number of aryl methyl sites for hydroxylation is 2. The summed E-state index contributed by atoms with van der Waals surface area (Å²) in [7, 11) is 0. The molecular weight excluding hydrogens is 443 g/mol. The Hall–Kier alpha value is -1.33. The van der Waals surface area contributed by atoms with Crippen LogP contribution >= 0.6 is 0 Å². The van der Waals surface area contributed by atoms with E-state index in [1.54, 1.807) is 0 Å². The normalized spacial score (nSPS) is 8.76. The predicted molar refractivity (Wildman–Crippen MR) is 108 cm³/mol. The summed E-state index contributed by atoms with van der Waals surface area (Å²) in [5.41, 5.74) is 5.78. The fourth-order valence-corrected chi connectivity index (χ4v) is 2.42. The minimum atomic E-state index is -0.108. The van der Waals surface area contributed by atoms with Gasteiger partial charge in [-0.3, -0.25) is 0 Å². The van der Waals surface area contributed by atoms with Crippen molar-refractivity contribution in [3.8, 4) is 0 Å². The van der Waals surface area contributed by atoms with Gasteiger partial charge in [-0.25, -0.2) is 0 Å². The van der Waals surface area contributed by atoms with Crippen LogP contribution in [0.2, 0.25) is 0 Å². The number of rotatable bonds is 4. The maximum Gasteiger partial charge on any atom is 4.00 e. The van der Waals surface area contributed by atoms with Crippen molar-refractivity contribution in [3.05, 3.63) is 80.4 Å². The molecule has 0 fully saturated rings. The third-order valence-corrected chi connectivity index (χ3v) is 4.27. The summed E-state index contributed by atoms with van der Waals surface area (Å²) in [4.78, 5) is 22.9. The maximum atomic E-state index is 11.5. The van der Waals surface area contributed by atoms with Crippen LogP contribution in [0.5, 0.6) is 0 Å². The number of nitrogens with zero attached hydrogens (tertiary/aromatic N) is 2. The minimum Gasteiger partial charge on any atom is -1.00 e. The molecule has 156 valence electrons. The van der Waals surface area contributed by atoms with Crippen LogP contribution in [0.1, 0.15) is 56.8 Å². The van der Waals surface area contributed by atoms with Gasteiger partial charge in [0, 0.05) is 11.1 Å². The summed E-state index contributed by atoms with van der Waals surface area (Å²) >= 11 is 0. The molecule has 0 aliphatic heterocycles. The average molecular weight is 471 g/mol. The largest absolute Gasteiger partial charge is 4.00 e. The minimum absolute atomic E-state index is 0. The molecule has 2 aromatic rings. The van der Waals surface area contributed by atoms with Crippen LogP contribution in [0.25, 0.3) is 10.6 Å². The number of hydrogen-bond acceptors (Lipinski definition) is 2. The molecule has 0 aliphatic rings. The van der Waals surface area contributed by atoms with Crippen LogP contribution in [0.15, 0.2) is 36.4 Å². The summed E-state index contributed by atoms with van der Waals surface area (Å²) in [6.07, 6.45) is 0. The summed E-state index contributed by atoms with van der Waals surface area (Å²) in [5.74, 6) is -0.215. The van der Waals surface area contributed by atoms with Crippen molar-refractivity contribution in [1.29, 1.82) is 0 Å². The van der Waals surface area contributed by atoms with Gasteiger partial charge in [-0.2, -0.15) is 0 Å². The molecule has 29 heavy (non-hydrogen) atoms. The molecule has 0 spiro atoms. The summed E-state index contributed by atoms with van der Waals surface area (Å²) in [5, 5.41) is 7.72. The Kier molecular flexibility index (Phi) is 18.4. The van der Waals surface area contributed by atoms with E-state index in [9.17, 15) is 9.59 Å². The van der Waals surface area contributed by atoms with E-state index in [1.165, 1.54) is 0 Å². The van der Waals surface area contributed by atoms with Crippen LogP contribution in [-0.4, -0.2) is 24.9 Å². The molecule has 0 unspecified atom stereocenters. The van der Waals surface area contributed by atoms with Crippen LogP contribution in [0, 0.1) is 27.7 Å². The zero-order valence-corrected chi connectivity index (χ0v) is 20.9. The van der Waals surface area contributed by atoms with E-state index >= 15 is 0 Å². The average Bonchev–Trinajstić information content (AvgIpc) is 2.60. The van der Waals surface area contributed by atoms with Gasteiger partial charge in [-0.05, 0) is 49.9 Å². The second-order valence-corrected chi connectivity index (χ2v) is 6.05. The number of carbonyl (C=O) groups is 2. The first-order chi connectivity index (χ1) is 12.3. The molecule has 0 bridgehead atoms. The van der Waals surface area contributed by atoms with Gasteiger partial charge in [-0.1, -0.05) is 50.2 Å². The Bertz CT molecular complexity index is 718. The third kappa shape index (κ3) is 9.82. The SMILES string of the molecule is CC[N-]C(=O)c1cccc(C)c1C.CC[N-]C(=O)c1cccc(C)c1C.[Cl-].[Cl-].[Ti+4]. The first-order valence-electron chi connectivity index (χ1n) is 8.89. The Balaban J connectivity index is -0.000000422. The first-order valence-corrected chi connectivity index (χ1v) is 8.89. The summed E-state index contributed by atoms with van der Waals surface area (Å²) in [6, 6.07) is 11.4. The van der Waals surface area contributed by atoms with Crippen LogP contribution in [-0.2, 0) is 21.7 Å². The van der Waals surface area contributed by atoms with E-state index in [2.05, 4.69) is 10.6 Å². The smallest absolute Gasteiger partial charge is 1.00 e. The molecule has 2 aromatic carbocycles. The van der Waals surface area contributed by atoms with Gasteiger partial charge in [0.25, 0.3) is 0 Å². The second kappa shape index (κ2) is 16.5. The van der Waals surface area contributed by atoms with Gasteiger partial charge in [0.05, 0.1) is 11.8 Å². The molecule has 2 rings (SSSR count). The molecule has 0 heterocycles. The zero-order chi connectivity index (χ0) is 19.7. The Morgan fingerprint density at radius 2 is 1.00 bits per heavy atom. The van der Waals surface area contributed by atoms with E-state index in [1.807, 2.05) is 77.9 Å². The van der Waals surface area contributed by atoms with Crippen molar-refractivity contribution in [2.24, 2.45) is 0 Å². The maximum absolute atomic E-state index is 11.5. The molecule has 4 nitrogen and oxygen atoms in total.